The average molecular weight is 356 g/mol. The standard InChI is InChI=1S/C17H24N8O/c1-12-5-3-4-6-15(12)23-7-8-24(13(2)10-23)17(26)14-9-18-20-16(14)25-11-19-21-22-25/h3-6,11,13-14,16,18,20H,7-10H2,1-2H3. The molecule has 0 bridgehead atoms. The summed E-state index contributed by atoms with van der Waals surface area (Å²) in [6.45, 7) is 7.19. The fourth-order valence-corrected chi connectivity index (χ4v) is 3.89. The lowest BCUT2D eigenvalue weighted by Crippen LogP contribution is -2.56. The molecule has 0 radical (unpaired) electrons. The summed E-state index contributed by atoms with van der Waals surface area (Å²) in [4.78, 5) is 17.5. The van der Waals surface area contributed by atoms with Gasteiger partial charge in [-0.1, -0.05) is 18.2 Å². The Morgan fingerprint density at radius 1 is 1.27 bits per heavy atom. The second-order valence-electron chi connectivity index (χ2n) is 6.98. The van der Waals surface area contributed by atoms with E-state index in [0.29, 0.717) is 13.1 Å². The van der Waals surface area contributed by atoms with Gasteiger partial charge in [-0.3, -0.25) is 10.2 Å². The molecule has 0 saturated carbocycles. The Kier molecular flexibility index (Phi) is 4.56. The quantitative estimate of drug-likeness (QED) is 0.796. The zero-order valence-electron chi connectivity index (χ0n) is 15.0. The molecule has 3 unspecified atom stereocenters. The van der Waals surface area contributed by atoms with Gasteiger partial charge in [-0.05, 0) is 35.9 Å². The van der Waals surface area contributed by atoms with Gasteiger partial charge in [0.15, 0.2) is 0 Å². The highest BCUT2D eigenvalue weighted by atomic mass is 16.2. The number of para-hydroxylation sites is 1. The van der Waals surface area contributed by atoms with Gasteiger partial charge < -0.3 is 9.80 Å². The number of rotatable bonds is 3. The van der Waals surface area contributed by atoms with Crippen LogP contribution in [0.2, 0.25) is 0 Å². The van der Waals surface area contributed by atoms with Gasteiger partial charge in [-0.15, -0.1) is 5.10 Å². The topological polar surface area (TPSA) is 91.2 Å². The summed E-state index contributed by atoms with van der Waals surface area (Å²) in [6, 6.07) is 8.55. The first-order chi connectivity index (χ1) is 12.6. The minimum atomic E-state index is -0.265. The van der Waals surface area contributed by atoms with Gasteiger partial charge in [-0.25, -0.2) is 10.1 Å². The molecule has 9 heteroatoms. The van der Waals surface area contributed by atoms with E-state index >= 15 is 0 Å². The summed E-state index contributed by atoms with van der Waals surface area (Å²) in [5.74, 6) is -0.0918. The number of hydrogen-bond donors (Lipinski definition) is 2. The molecule has 1 amide bonds. The molecule has 2 fully saturated rings. The number of benzene rings is 1. The summed E-state index contributed by atoms with van der Waals surface area (Å²) in [7, 11) is 0. The van der Waals surface area contributed by atoms with Gasteiger partial charge >= 0.3 is 0 Å². The first kappa shape index (κ1) is 16.9. The van der Waals surface area contributed by atoms with Crippen molar-refractivity contribution in [2.45, 2.75) is 26.1 Å². The van der Waals surface area contributed by atoms with E-state index in [1.807, 2.05) is 4.90 Å². The van der Waals surface area contributed by atoms with Crippen molar-refractivity contribution in [2.24, 2.45) is 5.92 Å². The Bertz CT molecular complexity index is 764. The second-order valence-corrected chi connectivity index (χ2v) is 6.98. The molecule has 0 spiro atoms. The summed E-state index contributed by atoms with van der Waals surface area (Å²) in [5.41, 5.74) is 8.68. The Morgan fingerprint density at radius 2 is 2.12 bits per heavy atom. The zero-order chi connectivity index (χ0) is 18.1. The number of tetrazole rings is 1. The molecule has 3 heterocycles. The predicted octanol–water partition coefficient (Wildman–Crippen LogP) is -0.0586. The monoisotopic (exact) mass is 356 g/mol. The van der Waals surface area contributed by atoms with Crippen LogP contribution in [-0.4, -0.2) is 63.2 Å². The van der Waals surface area contributed by atoms with Gasteiger partial charge in [0.1, 0.15) is 12.5 Å². The van der Waals surface area contributed by atoms with Gasteiger partial charge in [-0.2, -0.15) is 0 Å². The lowest BCUT2D eigenvalue weighted by Gasteiger charge is -2.42. The van der Waals surface area contributed by atoms with E-state index in [4.69, 9.17) is 0 Å². The Hall–Kier alpha value is -2.52. The first-order valence-electron chi connectivity index (χ1n) is 8.97. The number of carbonyl (C=O) groups is 1. The molecule has 2 aliphatic rings. The van der Waals surface area contributed by atoms with Crippen molar-refractivity contribution in [3.05, 3.63) is 36.2 Å². The van der Waals surface area contributed by atoms with Crippen molar-refractivity contribution in [3.63, 3.8) is 0 Å². The van der Waals surface area contributed by atoms with Crippen LogP contribution < -0.4 is 15.8 Å². The zero-order valence-corrected chi connectivity index (χ0v) is 15.0. The molecule has 1 aromatic heterocycles. The van der Waals surface area contributed by atoms with E-state index in [0.717, 1.165) is 13.1 Å². The lowest BCUT2D eigenvalue weighted by atomic mass is 10.0. The number of carbonyl (C=O) groups excluding carboxylic acids is 1. The Labute approximate surface area is 152 Å². The summed E-state index contributed by atoms with van der Waals surface area (Å²) in [5, 5.41) is 11.3. The molecule has 2 N–H and O–H groups in total. The third kappa shape index (κ3) is 3.04. The fraction of sp³-hybridized carbons (Fsp3) is 0.529. The molecule has 3 atom stereocenters. The minimum absolute atomic E-state index is 0.139. The molecule has 1 aromatic carbocycles. The number of piperazine rings is 1. The molecule has 138 valence electrons. The maximum absolute atomic E-state index is 13.2. The largest absolute Gasteiger partial charge is 0.367 e. The predicted molar refractivity (Wildman–Crippen MR) is 96.0 cm³/mol. The van der Waals surface area contributed by atoms with Crippen molar-refractivity contribution < 1.29 is 4.79 Å². The van der Waals surface area contributed by atoms with Crippen LogP contribution in [-0.2, 0) is 4.79 Å². The van der Waals surface area contributed by atoms with Crippen LogP contribution in [0.25, 0.3) is 0 Å². The molecule has 2 aliphatic heterocycles. The van der Waals surface area contributed by atoms with E-state index in [-0.39, 0.29) is 24.0 Å². The smallest absolute Gasteiger partial charge is 0.230 e. The average Bonchev–Trinajstić information content (AvgIpc) is 3.32. The normalized spacial score (nSPS) is 26.3. The second kappa shape index (κ2) is 7.00. The number of anilines is 1. The molecular weight excluding hydrogens is 332 g/mol. The highest BCUT2D eigenvalue weighted by Gasteiger charge is 2.40. The number of amides is 1. The number of aromatic nitrogens is 4. The summed E-state index contributed by atoms with van der Waals surface area (Å²) in [6.07, 6.45) is 1.27. The third-order valence-electron chi connectivity index (χ3n) is 5.29. The Balaban J connectivity index is 1.46. The fourth-order valence-electron chi connectivity index (χ4n) is 3.89. The van der Waals surface area contributed by atoms with Gasteiger partial charge in [0, 0.05) is 37.9 Å². The lowest BCUT2D eigenvalue weighted by molar-refractivity contribution is -0.138. The van der Waals surface area contributed by atoms with E-state index in [9.17, 15) is 4.79 Å². The molecule has 2 saturated heterocycles. The summed E-state index contributed by atoms with van der Waals surface area (Å²) >= 11 is 0. The molecular formula is C17H24N8O. The van der Waals surface area contributed by atoms with Crippen molar-refractivity contribution >= 4 is 11.6 Å². The molecule has 9 nitrogen and oxygen atoms in total. The van der Waals surface area contributed by atoms with Crippen LogP contribution >= 0.6 is 0 Å². The highest BCUT2D eigenvalue weighted by Crippen LogP contribution is 2.26. The number of hydrogen-bond acceptors (Lipinski definition) is 7. The molecule has 26 heavy (non-hydrogen) atoms. The van der Waals surface area contributed by atoms with Crippen LogP contribution in [0.4, 0.5) is 5.69 Å². The molecule has 0 aliphatic carbocycles. The van der Waals surface area contributed by atoms with Crippen molar-refractivity contribution in [2.75, 3.05) is 31.1 Å². The van der Waals surface area contributed by atoms with E-state index in [1.165, 1.54) is 17.6 Å². The summed E-state index contributed by atoms with van der Waals surface area (Å²) < 4.78 is 1.59. The van der Waals surface area contributed by atoms with E-state index in [1.54, 1.807) is 4.68 Å². The van der Waals surface area contributed by atoms with Crippen LogP contribution in [0.3, 0.4) is 0 Å². The highest BCUT2D eigenvalue weighted by molar-refractivity contribution is 5.80. The van der Waals surface area contributed by atoms with E-state index in [2.05, 4.69) is 69.4 Å². The SMILES string of the molecule is Cc1ccccc1N1CCN(C(=O)C2CNNC2n2cnnn2)C(C)C1. The number of nitrogens with one attached hydrogen (secondary N) is 2. The minimum Gasteiger partial charge on any atom is -0.367 e. The van der Waals surface area contributed by atoms with Gasteiger partial charge in [0.05, 0.1) is 5.92 Å². The molecule has 4 rings (SSSR count). The number of hydrazine groups is 1. The van der Waals surface area contributed by atoms with Crippen molar-refractivity contribution in [3.8, 4) is 0 Å². The molecule has 2 aromatic rings. The number of nitrogens with zero attached hydrogens (tertiary/aromatic N) is 6. The van der Waals surface area contributed by atoms with Crippen molar-refractivity contribution in [1.29, 1.82) is 0 Å². The van der Waals surface area contributed by atoms with Gasteiger partial charge in [0.2, 0.25) is 5.91 Å². The van der Waals surface area contributed by atoms with Crippen LogP contribution in [0.1, 0.15) is 18.7 Å². The van der Waals surface area contributed by atoms with Crippen molar-refractivity contribution in [1.82, 2.24) is 36.0 Å². The van der Waals surface area contributed by atoms with Crippen LogP contribution in [0.5, 0.6) is 0 Å². The third-order valence-corrected chi connectivity index (χ3v) is 5.29. The van der Waals surface area contributed by atoms with Crippen LogP contribution in [0, 0.1) is 12.8 Å². The van der Waals surface area contributed by atoms with Gasteiger partial charge in [0.25, 0.3) is 0 Å². The van der Waals surface area contributed by atoms with E-state index < -0.39 is 0 Å². The first-order valence-corrected chi connectivity index (χ1v) is 8.97. The van der Waals surface area contributed by atoms with Crippen LogP contribution in [0.15, 0.2) is 30.6 Å². The maximum atomic E-state index is 13.2. The maximum Gasteiger partial charge on any atom is 0.230 e. The Morgan fingerprint density at radius 3 is 2.85 bits per heavy atom. The number of aryl methyl sites for hydroxylation is 1.